The number of H-pyrrole nitrogens is 1. The van der Waals surface area contributed by atoms with Crippen molar-refractivity contribution in [2.24, 2.45) is 5.92 Å². The number of aromatic nitrogens is 1. The first-order chi connectivity index (χ1) is 7.22. The molecular formula is C11H10N2O2. The van der Waals surface area contributed by atoms with Crippen LogP contribution in [0.15, 0.2) is 23.1 Å². The van der Waals surface area contributed by atoms with Crippen LogP contribution in [-0.4, -0.2) is 17.4 Å². The number of terminal acetylenes is 1. The topological polar surface area (TPSA) is 53.2 Å². The van der Waals surface area contributed by atoms with E-state index in [0.29, 0.717) is 18.7 Å². The van der Waals surface area contributed by atoms with Crippen LogP contribution in [0.3, 0.4) is 0 Å². The fourth-order valence-electron chi connectivity index (χ4n) is 1.68. The summed E-state index contributed by atoms with van der Waals surface area (Å²) in [4.78, 5) is 27.0. The molecule has 15 heavy (non-hydrogen) atoms. The standard InChI is InChI=1S/C11H10N2O2/c1-2-8-6-10(14)13(7-8)9-4-3-5-12-11(9)15/h1,3-5,8H,6-7H2,(H,12,15). The second-order valence-electron chi connectivity index (χ2n) is 3.46. The molecule has 2 heterocycles. The third-order valence-corrected chi connectivity index (χ3v) is 2.45. The first-order valence-corrected chi connectivity index (χ1v) is 4.66. The number of amides is 1. The van der Waals surface area contributed by atoms with E-state index in [9.17, 15) is 9.59 Å². The number of carbonyl (C=O) groups excluding carboxylic acids is 1. The van der Waals surface area contributed by atoms with Crippen LogP contribution in [0.2, 0.25) is 0 Å². The monoisotopic (exact) mass is 202 g/mol. The van der Waals surface area contributed by atoms with Gasteiger partial charge in [-0.05, 0) is 12.1 Å². The quantitative estimate of drug-likeness (QED) is 0.668. The van der Waals surface area contributed by atoms with Gasteiger partial charge in [-0.25, -0.2) is 0 Å². The average Bonchev–Trinajstić information content (AvgIpc) is 2.60. The molecule has 1 fully saturated rings. The van der Waals surface area contributed by atoms with Crippen LogP contribution in [0.1, 0.15) is 6.42 Å². The van der Waals surface area contributed by atoms with Crippen molar-refractivity contribution in [1.29, 1.82) is 0 Å². The van der Waals surface area contributed by atoms with Crippen molar-refractivity contribution in [2.75, 3.05) is 11.4 Å². The molecule has 0 radical (unpaired) electrons. The van der Waals surface area contributed by atoms with Crippen LogP contribution in [0.5, 0.6) is 0 Å². The van der Waals surface area contributed by atoms with E-state index in [1.165, 1.54) is 11.1 Å². The van der Waals surface area contributed by atoms with Crippen LogP contribution in [-0.2, 0) is 4.79 Å². The zero-order valence-corrected chi connectivity index (χ0v) is 8.06. The number of pyridine rings is 1. The molecular weight excluding hydrogens is 192 g/mol. The molecule has 1 amide bonds. The minimum Gasteiger partial charge on any atom is -0.327 e. The second kappa shape index (κ2) is 3.62. The van der Waals surface area contributed by atoms with Crippen LogP contribution >= 0.6 is 0 Å². The summed E-state index contributed by atoms with van der Waals surface area (Å²) in [6.07, 6.45) is 7.12. The summed E-state index contributed by atoms with van der Waals surface area (Å²) < 4.78 is 0. The predicted molar refractivity (Wildman–Crippen MR) is 56.4 cm³/mol. The highest BCUT2D eigenvalue weighted by molar-refractivity contribution is 5.95. The molecule has 0 aliphatic carbocycles. The molecule has 0 spiro atoms. The number of hydrogen-bond acceptors (Lipinski definition) is 2. The van der Waals surface area contributed by atoms with Gasteiger partial charge < -0.3 is 9.88 Å². The highest BCUT2D eigenvalue weighted by Crippen LogP contribution is 2.21. The summed E-state index contributed by atoms with van der Waals surface area (Å²) >= 11 is 0. The molecule has 0 bridgehead atoms. The molecule has 1 aliphatic heterocycles. The minimum atomic E-state index is -0.261. The number of carbonyl (C=O) groups is 1. The number of nitrogens with zero attached hydrogens (tertiary/aromatic N) is 1. The Balaban J connectivity index is 2.34. The largest absolute Gasteiger partial charge is 0.327 e. The van der Waals surface area contributed by atoms with E-state index in [1.54, 1.807) is 12.1 Å². The van der Waals surface area contributed by atoms with Gasteiger partial charge in [0.15, 0.2) is 0 Å². The van der Waals surface area contributed by atoms with Crippen molar-refractivity contribution in [2.45, 2.75) is 6.42 Å². The number of anilines is 1. The second-order valence-corrected chi connectivity index (χ2v) is 3.46. The Hall–Kier alpha value is -2.02. The molecule has 1 saturated heterocycles. The van der Waals surface area contributed by atoms with Crippen molar-refractivity contribution in [1.82, 2.24) is 4.98 Å². The van der Waals surface area contributed by atoms with E-state index < -0.39 is 0 Å². The van der Waals surface area contributed by atoms with Gasteiger partial charge in [-0.15, -0.1) is 12.3 Å². The maximum Gasteiger partial charge on any atom is 0.271 e. The van der Waals surface area contributed by atoms with Gasteiger partial charge in [0, 0.05) is 25.1 Å². The molecule has 0 aromatic carbocycles. The Labute approximate surface area is 86.9 Å². The molecule has 1 unspecified atom stereocenters. The summed E-state index contributed by atoms with van der Waals surface area (Å²) in [5.41, 5.74) is 0.115. The molecule has 4 heteroatoms. The van der Waals surface area contributed by atoms with Crippen molar-refractivity contribution in [3.63, 3.8) is 0 Å². The zero-order valence-electron chi connectivity index (χ0n) is 8.06. The smallest absolute Gasteiger partial charge is 0.271 e. The minimum absolute atomic E-state index is 0.0860. The summed E-state index contributed by atoms with van der Waals surface area (Å²) in [6.45, 7) is 0.433. The fourth-order valence-corrected chi connectivity index (χ4v) is 1.68. The molecule has 0 saturated carbocycles. The lowest BCUT2D eigenvalue weighted by atomic mass is 10.1. The predicted octanol–water partition coefficient (Wildman–Crippen LogP) is 0.361. The molecule has 76 valence electrons. The van der Waals surface area contributed by atoms with Crippen molar-refractivity contribution in [3.8, 4) is 12.3 Å². The lowest BCUT2D eigenvalue weighted by Gasteiger charge is -2.13. The summed E-state index contributed by atoms with van der Waals surface area (Å²) in [6, 6.07) is 3.31. The Morgan fingerprint density at radius 1 is 1.53 bits per heavy atom. The van der Waals surface area contributed by atoms with Crippen molar-refractivity contribution >= 4 is 11.6 Å². The zero-order chi connectivity index (χ0) is 10.8. The van der Waals surface area contributed by atoms with Gasteiger partial charge in [-0.3, -0.25) is 9.59 Å². The van der Waals surface area contributed by atoms with E-state index in [4.69, 9.17) is 6.42 Å². The Morgan fingerprint density at radius 2 is 2.33 bits per heavy atom. The molecule has 4 nitrogen and oxygen atoms in total. The third-order valence-electron chi connectivity index (χ3n) is 2.45. The van der Waals surface area contributed by atoms with Gasteiger partial charge in [-0.2, -0.15) is 0 Å². The van der Waals surface area contributed by atoms with Crippen LogP contribution in [0.25, 0.3) is 0 Å². The van der Waals surface area contributed by atoms with Gasteiger partial charge in [0.2, 0.25) is 5.91 Å². The van der Waals surface area contributed by atoms with E-state index in [0.717, 1.165) is 0 Å². The molecule has 1 aromatic heterocycles. The summed E-state index contributed by atoms with van der Waals surface area (Å²) in [5, 5.41) is 0. The van der Waals surface area contributed by atoms with Crippen LogP contribution < -0.4 is 10.5 Å². The molecule has 1 atom stereocenters. The highest BCUT2D eigenvalue weighted by atomic mass is 16.2. The molecule has 1 aromatic rings. The lowest BCUT2D eigenvalue weighted by molar-refractivity contribution is -0.117. The van der Waals surface area contributed by atoms with Gasteiger partial charge >= 0.3 is 0 Å². The Bertz CT molecular complexity index is 484. The molecule has 1 N–H and O–H groups in total. The Morgan fingerprint density at radius 3 is 2.93 bits per heavy atom. The third kappa shape index (κ3) is 1.64. The van der Waals surface area contributed by atoms with E-state index in [1.807, 2.05) is 0 Å². The summed E-state index contributed by atoms with van der Waals surface area (Å²) in [5.74, 6) is 2.36. The SMILES string of the molecule is C#CC1CC(=O)N(c2ccc[nH]c2=O)C1. The van der Waals surface area contributed by atoms with E-state index >= 15 is 0 Å². The van der Waals surface area contributed by atoms with Gasteiger partial charge in [0.1, 0.15) is 5.69 Å². The maximum absolute atomic E-state index is 11.6. The van der Waals surface area contributed by atoms with Gasteiger partial charge in [0.25, 0.3) is 5.56 Å². The van der Waals surface area contributed by atoms with E-state index in [-0.39, 0.29) is 17.4 Å². The first kappa shape index (κ1) is 9.53. The lowest BCUT2D eigenvalue weighted by Crippen LogP contribution is -2.30. The summed E-state index contributed by atoms with van der Waals surface area (Å²) in [7, 11) is 0. The van der Waals surface area contributed by atoms with Gasteiger partial charge in [0.05, 0.1) is 0 Å². The molecule has 2 rings (SSSR count). The van der Waals surface area contributed by atoms with E-state index in [2.05, 4.69) is 10.9 Å². The first-order valence-electron chi connectivity index (χ1n) is 4.66. The van der Waals surface area contributed by atoms with Gasteiger partial charge in [-0.1, -0.05) is 0 Å². The fraction of sp³-hybridized carbons (Fsp3) is 0.273. The van der Waals surface area contributed by atoms with Crippen LogP contribution in [0.4, 0.5) is 5.69 Å². The number of nitrogens with one attached hydrogen (secondary N) is 1. The van der Waals surface area contributed by atoms with Crippen LogP contribution in [0, 0.1) is 18.3 Å². The van der Waals surface area contributed by atoms with Crippen molar-refractivity contribution in [3.05, 3.63) is 28.7 Å². The number of rotatable bonds is 1. The van der Waals surface area contributed by atoms with Crippen molar-refractivity contribution < 1.29 is 4.79 Å². The normalized spacial score (nSPS) is 20.3. The number of hydrogen-bond donors (Lipinski definition) is 1. The highest BCUT2D eigenvalue weighted by Gasteiger charge is 2.30. The number of aromatic amines is 1. The molecule has 1 aliphatic rings. The Kier molecular flexibility index (Phi) is 2.30. The maximum atomic E-state index is 11.6. The average molecular weight is 202 g/mol.